The zero-order valence-corrected chi connectivity index (χ0v) is 11.8. The molecule has 4 amide bonds. The van der Waals surface area contributed by atoms with Crippen LogP contribution in [0.2, 0.25) is 0 Å². The molecule has 1 fully saturated rings. The van der Waals surface area contributed by atoms with Crippen molar-refractivity contribution in [3.8, 4) is 0 Å². The van der Waals surface area contributed by atoms with Crippen molar-refractivity contribution in [2.75, 3.05) is 26.2 Å². The van der Waals surface area contributed by atoms with Crippen molar-refractivity contribution in [1.29, 1.82) is 0 Å². The highest BCUT2D eigenvalue weighted by Crippen LogP contribution is 2.03. The Morgan fingerprint density at radius 1 is 1.43 bits per heavy atom. The van der Waals surface area contributed by atoms with Crippen LogP contribution in [0.3, 0.4) is 0 Å². The van der Waals surface area contributed by atoms with E-state index < -0.39 is 23.9 Å². The Labute approximate surface area is 122 Å². The zero-order valence-electron chi connectivity index (χ0n) is 11.8. The lowest BCUT2D eigenvalue weighted by Crippen LogP contribution is -2.59. The summed E-state index contributed by atoms with van der Waals surface area (Å²) in [5.41, 5.74) is 0. The van der Waals surface area contributed by atoms with Crippen LogP contribution in [0.5, 0.6) is 0 Å². The Hall–Kier alpha value is -2.16. The van der Waals surface area contributed by atoms with E-state index in [1.807, 2.05) is 6.92 Å². The number of hydrogen-bond donors (Lipinski definition) is 4. The lowest BCUT2D eigenvalue weighted by atomic mass is 10.2. The van der Waals surface area contributed by atoms with Gasteiger partial charge >= 0.3 is 12.0 Å². The Morgan fingerprint density at radius 2 is 2.14 bits per heavy atom. The number of carbonyl (C=O) groups excluding carboxylic acids is 3. The van der Waals surface area contributed by atoms with Gasteiger partial charge < -0.3 is 15.7 Å². The first-order valence-corrected chi connectivity index (χ1v) is 6.75. The first-order valence-electron chi connectivity index (χ1n) is 6.75. The van der Waals surface area contributed by atoms with Gasteiger partial charge in [0.15, 0.2) is 0 Å². The molecule has 0 aromatic rings. The number of urea groups is 1. The molecule has 0 aliphatic carbocycles. The minimum absolute atomic E-state index is 0.0653. The molecule has 21 heavy (non-hydrogen) atoms. The van der Waals surface area contributed by atoms with E-state index in [1.54, 1.807) is 0 Å². The minimum atomic E-state index is -1.13. The molecule has 1 heterocycles. The smallest absolute Gasteiger partial charge is 0.322 e. The van der Waals surface area contributed by atoms with Crippen LogP contribution in [-0.2, 0) is 14.4 Å². The number of hydrogen-bond acceptors (Lipinski definition) is 5. The molecule has 0 saturated carbocycles. The van der Waals surface area contributed by atoms with E-state index in [9.17, 15) is 19.2 Å². The molecule has 1 rings (SSSR count). The molecule has 0 aromatic heterocycles. The van der Waals surface area contributed by atoms with E-state index >= 15 is 0 Å². The van der Waals surface area contributed by atoms with Gasteiger partial charge in [-0.25, -0.2) is 4.79 Å². The summed E-state index contributed by atoms with van der Waals surface area (Å²) in [5, 5.41) is 16.1. The number of piperazine rings is 1. The first-order chi connectivity index (χ1) is 9.93. The Morgan fingerprint density at radius 3 is 2.76 bits per heavy atom. The lowest BCUT2D eigenvalue weighted by molar-refractivity contribution is -0.146. The molecular formula is C12H20N4O5. The fraction of sp³-hybridized carbons (Fsp3) is 0.667. The zero-order chi connectivity index (χ0) is 15.8. The number of carboxylic acid groups (broad SMARTS) is 1. The number of nitrogens with one attached hydrogen (secondary N) is 3. The number of imide groups is 1. The van der Waals surface area contributed by atoms with Crippen molar-refractivity contribution in [3.05, 3.63) is 0 Å². The second kappa shape index (κ2) is 8.20. The average molecular weight is 300 g/mol. The number of nitrogens with zero attached hydrogens (tertiary/aromatic N) is 1. The van der Waals surface area contributed by atoms with E-state index in [4.69, 9.17) is 5.11 Å². The van der Waals surface area contributed by atoms with Crippen LogP contribution in [0, 0.1) is 0 Å². The van der Waals surface area contributed by atoms with Gasteiger partial charge in [-0.3, -0.25) is 24.6 Å². The highest BCUT2D eigenvalue weighted by molar-refractivity contribution is 5.96. The van der Waals surface area contributed by atoms with Gasteiger partial charge in [0.05, 0.1) is 13.1 Å². The Kier molecular flexibility index (Phi) is 6.60. The van der Waals surface area contributed by atoms with E-state index in [2.05, 4.69) is 16.0 Å². The van der Waals surface area contributed by atoms with Crippen LogP contribution in [0.1, 0.15) is 19.8 Å². The highest BCUT2D eigenvalue weighted by Gasteiger charge is 2.33. The van der Waals surface area contributed by atoms with Crippen LogP contribution in [0.4, 0.5) is 4.79 Å². The topological polar surface area (TPSA) is 128 Å². The van der Waals surface area contributed by atoms with Crippen molar-refractivity contribution < 1.29 is 24.3 Å². The number of rotatable bonds is 6. The summed E-state index contributed by atoms with van der Waals surface area (Å²) in [5.74, 6) is -2.13. The largest absolute Gasteiger partial charge is 0.480 e. The summed E-state index contributed by atoms with van der Waals surface area (Å²) in [7, 11) is 0. The number of carboxylic acids is 1. The van der Waals surface area contributed by atoms with Crippen molar-refractivity contribution in [3.63, 3.8) is 0 Å². The van der Waals surface area contributed by atoms with Crippen molar-refractivity contribution in [1.82, 2.24) is 20.9 Å². The molecule has 1 aliphatic rings. The molecule has 1 saturated heterocycles. The van der Waals surface area contributed by atoms with Crippen molar-refractivity contribution in [2.45, 2.75) is 25.8 Å². The maximum Gasteiger partial charge on any atom is 0.322 e. The summed E-state index contributed by atoms with van der Waals surface area (Å²) in [6.45, 7) is 1.84. The van der Waals surface area contributed by atoms with Crippen LogP contribution >= 0.6 is 0 Å². The molecule has 4 N–H and O–H groups in total. The molecule has 1 unspecified atom stereocenters. The van der Waals surface area contributed by atoms with Crippen molar-refractivity contribution in [2.24, 2.45) is 0 Å². The maximum atomic E-state index is 11.7. The molecular weight excluding hydrogens is 280 g/mol. The Bertz CT molecular complexity index is 426. The molecule has 1 atom stereocenters. The number of carbonyl (C=O) groups is 4. The van der Waals surface area contributed by atoms with Crippen LogP contribution in [0.25, 0.3) is 0 Å². The molecule has 0 aromatic carbocycles. The molecule has 118 valence electrons. The van der Waals surface area contributed by atoms with Gasteiger partial charge in [0, 0.05) is 13.1 Å². The highest BCUT2D eigenvalue weighted by atomic mass is 16.4. The van der Waals surface area contributed by atoms with Gasteiger partial charge in [0.1, 0.15) is 6.04 Å². The monoisotopic (exact) mass is 300 g/mol. The molecule has 0 spiro atoms. The first kappa shape index (κ1) is 16.9. The van der Waals surface area contributed by atoms with Crippen LogP contribution < -0.4 is 16.0 Å². The fourth-order valence-corrected chi connectivity index (χ4v) is 1.87. The number of aliphatic carboxylic acids is 1. The van der Waals surface area contributed by atoms with Crippen molar-refractivity contribution >= 4 is 23.8 Å². The predicted octanol–water partition coefficient (Wildman–Crippen LogP) is -1.50. The summed E-state index contributed by atoms with van der Waals surface area (Å²) in [6.07, 6.45) is 1.71. The lowest BCUT2D eigenvalue weighted by Gasteiger charge is -2.31. The fourth-order valence-electron chi connectivity index (χ4n) is 1.87. The third kappa shape index (κ3) is 5.78. The number of unbranched alkanes of at least 4 members (excludes halogenated alkanes) is 1. The van der Waals surface area contributed by atoms with Gasteiger partial charge in [-0.2, -0.15) is 0 Å². The maximum absolute atomic E-state index is 11.7. The molecule has 0 radical (unpaired) electrons. The second-order valence-electron chi connectivity index (χ2n) is 4.72. The quantitative estimate of drug-likeness (QED) is 0.442. The van der Waals surface area contributed by atoms with Crippen LogP contribution in [0.15, 0.2) is 0 Å². The minimum Gasteiger partial charge on any atom is -0.480 e. The molecule has 0 bridgehead atoms. The second-order valence-corrected chi connectivity index (χ2v) is 4.72. The Balaban J connectivity index is 2.45. The molecule has 9 heteroatoms. The van der Waals surface area contributed by atoms with Gasteiger partial charge in [-0.15, -0.1) is 0 Å². The van der Waals surface area contributed by atoms with Crippen LogP contribution in [-0.4, -0.2) is 66.0 Å². The molecule has 9 nitrogen and oxygen atoms in total. The number of amides is 4. The summed E-state index contributed by atoms with van der Waals surface area (Å²) < 4.78 is 0. The summed E-state index contributed by atoms with van der Waals surface area (Å²) in [6, 6.07) is -1.60. The SMILES string of the molecule is CCCCNC(=O)NC(=O)CN1CC(=O)NCC1C(=O)O. The van der Waals surface area contributed by atoms with Gasteiger partial charge in [-0.1, -0.05) is 13.3 Å². The summed E-state index contributed by atoms with van der Waals surface area (Å²) in [4.78, 5) is 46.6. The predicted molar refractivity (Wildman–Crippen MR) is 72.5 cm³/mol. The van der Waals surface area contributed by atoms with E-state index in [0.29, 0.717) is 6.54 Å². The van der Waals surface area contributed by atoms with Gasteiger partial charge in [-0.05, 0) is 6.42 Å². The van der Waals surface area contributed by atoms with E-state index in [1.165, 1.54) is 4.90 Å². The molecule has 1 aliphatic heterocycles. The van der Waals surface area contributed by atoms with Gasteiger partial charge in [0.25, 0.3) is 0 Å². The average Bonchev–Trinajstić information content (AvgIpc) is 2.38. The third-order valence-corrected chi connectivity index (χ3v) is 2.98. The van der Waals surface area contributed by atoms with E-state index in [-0.39, 0.29) is 25.5 Å². The standard InChI is InChI=1S/C12H20N4O5/c1-2-3-4-13-12(21)15-10(18)7-16-6-9(17)14-5-8(16)11(19)20/h8H,2-7H2,1H3,(H,14,17)(H,19,20)(H2,13,15,18,21). The third-order valence-electron chi connectivity index (χ3n) is 2.98. The van der Waals surface area contributed by atoms with Gasteiger partial charge in [0.2, 0.25) is 11.8 Å². The summed E-state index contributed by atoms with van der Waals surface area (Å²) >= 11 is 0. The normalized spacial score (nSPS) is 18.7. The van der Waals surface area contributed by atoms with E-state index in [0.717, 1.165) is 12.8 Å².